The Morgan fingerprint density at radius 1 is 1.18 bits per heavy atom. The van der Waals surface area contributed by atoms with Crippen molar-refractivity contribution in [1.82, 2.24) is 10.2 Å². The van der Waals surface area contributed by atoms with Gasteiger partial charge in [0.1, 0.15) is 17.6 Å². The molecule has 1 fully saturated rings. The average molecular weight is 403 g/mol. The van der Waals surface area contributed by atoms with E-state index in [1.807, 2.05) is 24.3 Å². The zero-order chi connectivity index (χ0) is 19.9. The van der Waals surface area contributed by atoms with Crippen LogP contribution in [0.5, 0.6) is 11.5 Å². The molecule has 1 aliphatic heterocycles. The van der Waals surface area contributed by atoms with E-state index in [0.717, 1.165) is 37.2 Å². The quantitative estimate of drug-likeness (QED) is 0.763. The molecular weight excluding hydrogens is 376 g/mol. The first-order chi connectivity index (χ1) is 13.5. The molecule has 0 radical (unpaired) electrons. The van der Waals surface area contributed by atoms with Gasteiger partial charge >= 0.3 is 0 Å². The summed E-state index contributed by atoms with van der Waals surface area (Å²) in [6.45, 7) is 4.31. The normalized spacial score (nSPS) is 16.4. The summed E-state index contributed by atoms with van der Waals surface area (Å²) < 4.78 is 11.7. The van der Waals surface area contributed by atoms with Crippen LogP contribution in [-0.2, 0) is 11.3 Å². The summed E-state index contributed by atoms with van der Waals surface area (Å²) in [5, 5.41) is 3.47. The molecule has 1 aliphatic rings. The van der Waals surface area contributed by atoms with Crippen molar-refractivity contribution in [3.63, 3.8) is 0 Å². The van der Waals surface area contributed by atoms with E-state index in [4.69, 9.17) is 21.1 Å². The second-order valence-corrected chi connectivity index (χ2v) is 7.64. The molecule has 5 nitrogen and oxygen atoms in total. The zero-order valence-corrected chi connectivity index (χ0v) is 17.1. The summed E-state index contributed by atoms with van der Waals surface area (Å²) in [5.41, 5.74) is 1.01. The Labute approximate surface area is 171 Å². The maximum atomic E-state index is 12.3. The van der Waals surface area contributed by atoms with E-state index in [9.17, 15) is 4.79 Å². The molecule has 3 rings (SSSR count). The minimum Gasteiger partial charge on any atom is -0.490 e. The second-order valence-electron chi connectivity index (χ2n) is 7.20. The first-order valence-corrected chi connectivity index (χ1v) is 10.0. The van der Waals surface area contributed by atoms with Crippen LogP contribution in [-0.4, -0.2) is 43.2 Å². The predicted octanol–water partition coefficient (Wildman–Crippen LogP) is 3.90. The molecule has 1 saturated heterocycles. The van der Waals surface area contributed by atoms with Crippen molar-refractivity contribution in [2.45, 2.75) is 38.5 Å². The summed E-state index contributed by atoms with van der Waals surface area (Å²) in [7, 11) is 2.14. The Morgan fingerprint density at radius 2 is 1.89 bits per heavy atom. The van der Waals surface area contributed by atoms with Crippen LogP contribution in [0.3, 0.4) is 0 Å². The molecule has 2 aromatic rings. The van der Waals surface area contributed by atoms with Crippen LogP contribution in [0.4, 0.5) is 0 Å². The number of ether oxygens (including phenoxy) is 2. The van der Waals surface area contributed by atoms with Gasteiger partial charge in [-0.05, 0) is 62.7 Å². The van der Waals surface area contributed by atoms with Crippen molar-refractivity contribution in [2.24, 2.45) is 0 Å². The summed E-state index contributed by atoms with van der Waals surface area (Å²) >= 11 is 5.94. The minimum atomic E-state index is -0.606. The number of amides is 1. The summed E-state index contributed by atoms with van der Waals surface area (Å²) in [5.74, 6) is 1.28. The molecule has 0 unspecified atom stereocenters. The Balaban J connectivity index is 1.44. The molecular formula is C22H27ClN2O3. The number of piperidine rings is 1. The predicted molar refractivity (Wildman–Crippen MR) is 111 cm³/mol. The molecule has 0 saturated carbocycles. The third-order valence-electron chi connectivity index (χ3n) is 4.84. The van der Waals surface area contributed by atoms with Gasteiger partial charge in [-0.15, -0.1) is 0 Å². The fourth-order valence-corrected chi connectivity index (χ4v) is 3.29. The lowest BCUT2D eigenvalue weighted by molar-refractivity contribution is -0.127. The van der Waals surface area contributed by atoms with Gasteiger partial charge in [-0.25, -0.2) is 0 Å². The smallest absolute Gasteiger partial charge is 0.261 e. The molecule has 1 amide bonds. The lowest BCUT2D eigenvalue weighted by Crippen LogP contribution is -2.36. The number of halogens is 1. The van der Waals surface area contributed by atoms with E-state index in [-0.39, 0.29) is 12.0 Å². The van der Waals surface area contributed by atoms with E-state index in [1.165, 1.54) is 0 Å². The number of rotatable bonds is 7. The van der Waals surface area contributed by atoms with Gasteiger partial charge in [0.05, 0.1) is 0 Å². The van der Waals surface area contributed by atoms with Crippen molar-refractivity contribution < 1.29 is 14.3 Å². The largest absolute Gasteiger partial charge is 0.490 e. The lowest BCUT2D eigenvalue weighted by Gasteiger charge is -2.29. The van der Waals surface area contributed by atoms with Crippen molar-refractivity contribution >= 4 is 17.5 Å². The number of benzene rings is 2. The molecule has 0 bridgehead atoms. The van der Waals surface area contributed by atoms with Gasteiger partial charge in [0.25, 0.3) is 5.91 Å². The molecule has 28 heavy (non-hydrogen) atoms. The fraction of sp³-hybridized carbons (Fsp3) is 0.409. The van der Waals surface area contributed by atoms with E-state index in [0.29, 0.717) is 17.3 Å². The van der Waals surface area contributed by atoms with Crippen molar-refractivity contribution in [1.29, 1.82) is 0 Å². The van der Waals surface area contributed by atoms with Gasteiger partial charge in [0.2, 0.25) is 0 Å². The van der Waals surface area contributed by atoms with Gasteiger partial charge in [-0.1, -0.05) is 29.8 Å². The topological polar surface area (TPSA) is 50.8 Å². The van der Waals surface area contributed by atoms with Crippen molar-refractivity contribution in [2.75, 3.05) is 20.1 Å². The Morgan fingerprint density at radius 3 is 2.57 bits per heavy atom. The summed E-state index contributed by atoms with van der Waals surface area (Å²) in [6.07, 6.45) is 1.79. The van der Waals surface area contributed by atoms with Crippen LogP contribution in [0.15, 0.2) is 48.5 Å². The van der Waals surface area contributed by atoms with Crippen LogP contribution in [0, 0.1) is 0 Å². The molecule has 2 aromatic carbocycles. The molecule has 6 heteroatoms. The van der Waals surface area contributed by atoms with Gasteiger partial charge in [-0.3, -0.25) is 4.79 Å². The fourth-order valence-electron chi connectivity index (χ4n) is 3.11. The average Bonchev–Trinajstić information content (AvgIpc) is 2.69. The van der Waals surface area contributed by atoms with Crippen LogP contribution in [0.2, 0.25) is 5.02 Å². The maximum Gasteiger partial charge on any atom is 0.261 e. The molecule has 0 spiro atoms. The Hall–Kier alpha value is -2.24. The molecule has 0 aromatic heterocycles. The van der Waals surface area contributed by atoms with Gasteiger partial charge in [0.15, 0.2) is 6.10 Å². The molecule has 1 N–H and O–H groups in total. The van der Waals surface area contributed by atoms with Crippen LogP contribution in [0.1, 0.15) is 25.3 Å². The van der Waals surface area contributed by atoms with Crippen molar-refractivity contribution in [3.8, 4) is 11.5 Å². The molecule has 150 valence electrons. The van der Waals surface area contributed by atoms with Crippen LogP contribution < -0.4 is 14.8 Å². The number of likely N-dealkylation sites (tertiary alicyclic amines) is 1. The summed E-state index contributed by atoms with van der Waals surface area (Å²) in [6, 6.07) is 14.9. The first-order valence-electron chi connectivity index (χ1n) is 9.63. The number of carbonyl (C=O) groups is 1. The minimum absolute atomic E-state index is 0.174. The van der Waals surface area contributed by atoms with E-state index < -0.39 is 6.10 Å². The monoisotopic (exact) mass is 402 g/mol. The zero-order valence-electron chi connectivity index (χ0n) is 16.4. The Bertz CT molecular complexity index is 774. The number of hydrogen-bond acceptors (Lipinski definition) is 4. The second kappa shape index (κ2) is 9.80. The van der Waals surface area contributed by atoms with Gasteiger partial charge in [-0.2, -0.15) is 0 Å². The highest BCUT2D eigenvalue weighted by Gasteiger charge is 2.18. The van der Waals surface area contributed by atoms with Crippen LogP contribution in [0.25, 0.3) is 0 Å². The highest BCUT2D eigenvalue weighted by molar-refractivity contribution is 6.30. The van der Waals surface area contributed by atoms with Gasteiger partial charge in [0, 0.05) is 24.7 Å². The number of nitrogens with one attached hydrogen (secondary N) is 1. The van der Waals surface area contributed by atoms with E-state index >= 15 is 0 Å². The SMILES string of the molecule is C[C@H](Oc1cccc(Cl)c1)C(=O)NCc1ccc(OC2CCN(C)CC2)cc1. The van der Waals surface area contributed by atoms with E-state index in [1.54, 1.807) is 31.2 Å². The maximum absolute atomic E-state index is 12.3. The van der Waals surface area contributed by atoms with Gasteiger partial charge < -0.3 is 19.7 Å². The highest BCUT2D eigenvalue weighted by Crippen LogP contribution is 2.20. The standard InChI is InChI=1S/C22H27ClN2O3/c1-16(27-21-5-3-4-18(23)14-21)22(26)24-15-17-6-8-19(9-7-17)28-20-10-12-25(2)13-11-20/h3-9,14,16,20H,10-13,15H2,1-2H3,(H,24,26)/t16-/m0/s1. The van der Waals surface area contributed by atoms with Crippen molar-refractivity contribution in [3.05, 3.63) is 59.1 Å². The summed E-state index contributed by atoms with van der Waals surface area (Å²) in [4.78, 5) is 14.6. The number of carbonyl (C=O) groups excluding carboxylic acids is 1. The third-order valence-corrected chi connectivity index (χ3v) is 5.07. The number of hydrogen-bond donors (Lipinski definition) is 1. The highest BCUT2D eigenvalue weighted by atomic mass is 35.5. The lowest BCUT2D eigenvalue weighted by atomic mass is 10.1. The number of nitrogens with zero attached hydrogens (tertiary/aromatic N) is 1. The first kappa shape index (κ1) is 20.5. The molecule has 0 aliphatic carbocycles. The molecule has 1 heterocycles. The Kier molecular flexibility index (Phi) is 7.18. The van der Waals surface area contributed by atoms with E-state index in [2.05, 4.69) is 17.3 Å². The molecule has 1 atom stereocenters. The van der Waals surface area contributed by atoms with Crippen LogP contribution >= 0.6 is 11.6 Å². The third kappa shape index (κ3) is 6.14.